The first-order valence-electron chi connectivity index (χ1n) is 6.55. The second-order valence-corrected chi connectivity index (χ2v) is 7.48. The van der Waals surface area contributed by atoms with E-state index in [-0.39, 0.29) is 29.0 Å². The van der Waals surface area contributed by atoms with E-state index in [1.165, 1.54) is 19.2 Å². The van der Waals surface area contributed by atoms with E-state index >= 15 is 0 Å². The third-order valence-electron chi connectivity index (χ3n) is 3.38. The second kappa shape index (κ2) is 7.24. The Labute approximate surface area is 130 Å². The number of ether oxygens (including phenoxy) is 1. The Hall–Kier alpha value is -1.11. The van der Waals surface area contributed by atoms with Crippen molar-refractivity contribution in [2.24, 2.45) is 0 Å². The summed E-state index contributed by atoms with van der Waals surface area (Å²) in [4.78, 5) is 13.9. The fourth-order valence-electron chi connectivity index (χ4n) is 1.85. The van der Waals surface area contributed by atoms with Gasteiger partial charge in [0, 0.05) is 36.4 Å². The highest BCUT2D eigenvalue weighted by molar-refractivity contribution is 8.13. The van der Waals surface area contributed by atoms with Gasteiger partial charge >= 0.3 is 0 Å². The van der Waals surface area contributed by atoms with Gasteiger partial charge in [-0.05, 0) is 37.1 Å². The van der Waals surface area contributed by atoms with E-state index in [0.29, 0.717) is 5.56 Å². The second-order valence-electron chi connectivity index (χ2n) is 4.91. The molecule has 0 heterocycles. The Bertz CT molecular complexity index is 615. The van der Waals surface area contributed by atoms with Crippen molar-refractivity contribution in [2.75, 3.05) is 14.2 Å². The monoisotopic (exact) mass is 333 g/mol. The largest absolute Gasteiger partial charge is 0.380 e. The van der Waals surface area contributed by atoms with E-state index in [1.54, 1.807) is 18.0 Å². The van der Waals surface area contributed by atoms with E-state index in [2.05, 4.69) is 0 Å². The SMILES string of the molecule is CCC(C)N(C)C(=O)c1cc(COC)cc(S(=O)(=O)Cl)c1. The van der Waals surface area contributed by atoms with Crippen LogP contribution in [-0.2, 0) is 20.4 Å². The highest BCUT2D eigenvalue weighted by atomic mass is 35.7. The molecule has 0 aliphatic rings. The number of carbonyl (C=O) groups is 1. The molecule has 1 amide bonds. The van der Waals surface area contributed by atoms with Gasteiger partial charge in [-0.2, -0.15) is 0 Å². The molecular formula is C14H20ClNO4S. The van der Waals surface area contributed by atoms with Gasteiger partial charge < -0.3 is 9.64 Å². The first-order chi connectivity index (χ1) is 9.70. The lowest BCUT2D eigenvalue weighted by Gasteiger charge is -2.24. The molecule has 0 aliphatic carbocycles. The van der Waals surface area contributed by atoms with Crippen LogP contribution in [0.15, 0.2) is 23.1 Å². The lowest BCUT2D eigenvalue weighted by molar-refractivity contribution is 0.0740. The van der Waals surface area contributed by atoms with Crippen LogP contribution < -0.4 is 0 Å². The summed E-state index contributed by atoms with van der Waals surface area (Å²) in [5, 5.41) is 0. The molecule has 0 N–H and O–H groups in total. The number of methoxy groups -OCH3 is 1. The van der Waals surface area contributed by atoms with Gasteiger partial charge in [-0.3, -0.25) is 4.79 Å². The smallest absolute Gasteiger partial charge is 0.261 e. The minimum atomic E-state index is -3.91. The Morgan fingerprint density at radius 2 is 2.00 bits per heavy atom. The van der Waals surface area contributed by atoms with E-state index < -0.39 is 9.05 Å². The molecule has 1 atom stereocenters. The molecule has 118 valence electrons. The molecule has 0 bridgehead atoms. The van der Waals surface area contributed by atoms with E-state index in [9.17, 15) is 13.2 Å². The van der Waals surface area contributed by atoms with Crippen molar-refractivity contribution in [3.05, 3.63) is 29.3 Å². The lowest BCUT2D eigenvalue weighted by atomic mass is 10.1. The summed E-state index contributed by atoms with van der Waals surface area (Å²) in [5.74, 6) is -0.246. The number of hydrogen-bond donors (Lipinski definition) is 0. The highest BCUT2D eigenvalue weighted by Gasteiger charge is 2.20. The number of amides is 1. The zero-order chi connectivity index (χ0) is 16.2. The molecule has 21 heavy (non-hydrogen) atoms. The summed E-state index contributed by atoms with van der Waals surface area (Å²) in [7, 11) is 4.66. The molecule has 0 saturated carbocycles. The van der Waals surface area contributed by atoms with Crippen LogP contribution in [0, 0.1) is 0 Å². The molecule has 0 saturated heterocycles. The van der Waals surface area contributed by atoms with E-state index in [1.807, 2.05) is 13.8 Å². The van der Waals surface area contributed by atoms with E-state index in [0.717, 1.165) is 6.42 Å². The molecule has 0 fully saturated rings. The molecule has 0 spiro atoms. The first-order valence-corrected chi connectivity index (χ1v) is 8.86. The Morgan fingerprint density at radius 1 is 1.38 bits per heavy atom. The van der Waals surface area contributed by atoms with Crippen LogP contribution in [0.5, 0.6) is 0 Å². The minimum Gasteiger partial charge on any atom is -0.380 e. The lowest BCUT2D eigenvalue weighted by Crippen LogP contribution is -2.34. The van der Waals surface area contributed by atoms with Crippen molar-refractivity contribution >= 4 is 25.6 Å². The molecular weight excluding hydrogens is 314 g/mol. The Morgan fingerprint density at radius 3 is 2.48 bits per heavy atom. The molecule has 0 aliphatic heterocycles. The van der Waals surface area contributed by atoms with Crippen LogP contribution >= 0.6 is 10.7 Å². The maximum Gasteiger partial charge on any atom is 0.261 e. The quantitative estimate of drug-likeness (QED) is 0.751. The first kappa shape index (κ1) is 17.9. The number of halogens is 1. The normalized spacial score (nSPS) is 13.0. The van der Waals surface area contributed by atoms with Crippen LogP contribution in [-0.4, -0.2) is 39.4 Å². The molecule has 7 heteroatoms. The zero-order valence-corrected chi connectivity index (χ0v) is 14.2. The van der Waals surface area contributed by atoms with E-state index in [4.69, 9.17) is 15.4 Å². The van der Waals surface area contributed by atoms with Gasteiger partial charge in [0.25, 0.3) is 15.0 Å². The maximum absolute atomic E-state index is 12.4. The number of rotatable bonds is 6. The fraction of sp³-hybridized carbons (Fsp3) is 0.500. The minimum absolute atomic E-state index is 0.0552. The van der Waals surface area contributed by atoms with Crippen LogP contribution in [0.4, 0.5) is 0 Å². The predicted octanol–water partition coefficient (Wildman–Crippen LogP) is 2.63. The summed E-state index contributed by atoms with van der Waals surface area (Å²) >= 11 is 0. The number of nitrogens with zero attached hydrogens (tertiary/aromatic N) is 1. The molecule has 1 rings (SSSR count). The zero-order valence-electron chi connectivity index (χ0n) is 12.6. The maximum atomic E-state index is 12.4. The topological polar surface area (TPSA) is 63.7 Å². The summed E-state index contributed by atoms with van der Waals surface area (Å²) < 4.78 is 28.0. The molecule has 1 aromatic rings. The number of carbonyl (C=O) groups excluding carboxylic acids is 1. The number of benzene rings is 1. The van der Waals surface area contributed by atoms with Crippen LogP contribution in [0.1, 0.15) is 36.2 Å². The molecule has 5 nitrogen and oxygen atoms in total. The van der Waals surface area contributed by atoms with Gasteiger partial charge in [-0.25, -0.2) is 8.42 Å². The standard InChI is InChI=1S/C14H20ClNO4S/c1-5-10(2)16(3)14(17)12-6-11(9-20-4)7-13(8-12)21(15,18)19/h6-8,10H,5,9H2,1-4H3. The van der Waals surface area contributed by atoms with Crippen LogP contribution in [0.3, 0.4) is 0 Å². The average Bonchev–Trinajstić information content (AvgIpc) is 2.44. The van der Waals surface area contributed by atoms with Gasteiger partial charge in [-0.15, -0.1) is 0 Å². The Kier molecular flexibility index (Phi) is 6.19. The van der Waals surface area contributed by atoms with Gasteiger partial charge in [0.2, 0.25) is 0 Å². The highest BCUT2D eigenvalue weighted by Crippen LogP contribution is 2.21. The summed E-state index contributed by atoms with van der Waals surface area (Å²) in [6, 6.07) is 4.38. The molecule has 1 aromatic carbocycles. The van der Waals surface area contributed by atoms with Gasteiger partial charge in [-0.1, -0.05) is 6.92 Å². The van der Waals surface area contributed by atoms with Crippen molar-refractivity contribution in [2.45, 2.75) is 37.8 Å². The molecule has 1 unspecified atom stereocenters. The summed E-state index contributed by atoms with van der Waals surface area (Å²) in [6.45, 7) is 4.11. The summed E-state index contributed by atoms with van der Waals surface area (Å²) in [6.07, 6.45) is 0.806. The van der Waals surface area contributed by atoms with Crippen molar-refractivity contribution in [3.63, 3.8) is 0 Å². The fourth-order valence-corrected chi connectivity index (χ4v) is 2.68. The number of hydrogen-bond acceptors (Lipinski definition) is 4. The Balaban J connectivity index is 3.29. The van der Waals surface area contributed by atoms with Crippen molar-refractivity contribution in [1.82, 2.24) is 4.90 Å². The molecule has 0 radical (unpaired) electrons. The van der Waals surface area contributed by atoms with Crippen LogP contribution in [0.2, 0.25) is 0 Å². The van der Waals surface area contributed by atoms with Gasteiger partial charge in [0.05, 0.1) is 11.5 Å². The third-order valence-corrected chi connectivity index (χ3v) is 4.71. The van der Waals surface area contributed by atoms with Crippen molar-refractivity contribution in [1.29, 1.82) is 0 Å². The van der Waals surface area contributed by atoms with Crippen molar-refractivity contribution in [3.8, 4) is 0 Å². The summed E-state index contributed by atoms with van der Waals surface area (Å²) in [5.41, 5.74) is 0.867. The van der Waals surface area contributed by atoms with Crippen LogP contribution in [0.25, 0.3) is 0 Å². The van der Waals surface area contributed by atoms with Gasteiger partial charge in [0.1, 0.15) is 0 Å². The van der Waals surface area contributed by atoms with Gasteiger partial charge in [0.15, 0.2) is 0 Å². The average molecular weight is 334 g/mol. The molecule has 0 aromatic heterocycles. The van der Waals surface area contributed by atoms with Crippen molar-refractivity contribution < 1.29 is 17.9 Å². The third kappa shape index (κ3) is 4.69. The predicted molar refractivity (Wildman–Crippen MR) is 82.0 cm³/mol.